The smallest absolute Gasteiger partial charge is 0.355 e. The topological polar surface area (TPSA) is 110 Å². The van der Waals surface area contributed by atoms with E-state index in [1.807, 2.05) is 13.8 Å². The van der Waals surface area contributed by atoms with E-state index in [0.717, 1.165) is 4.90 Å². The van der Waals surface area contributed by atoms with E-state index in [4.69, 9.17) is 4.42 Å². The lowest BCUT2D eigenvalue weighted by Crippen LogP contribution is -2.74. The molecule has 2 heterocycles. The quantitative estimate of drug-likeness (QED) is 0.836. The van der Waals surface area contributed by atoms with Crippen LogP contribution in [0.4, 0.5) is 8.78 Å². The summed E-state index contributed by atoms with van der Waals surface area (Å²) >= 11 is 0. The third-order valence-electron chi connectivity index (χ3n) is 3.59. The van der Waals surface area contributed by atoms with Crippen molar-refractivity contribution in [1.29, 1.82) is 0 Å². The highest BCUT2D eigenvalue weighted by molar-refractivity contribution is 5.94. The number of primary amides is 1. The summed E-state index contributed by atoms with van der Waals surface area (Å²) in [5.74, 6) is -6.44. The van der Waals surface area contributed by atoms with Crippen molar-refractivity contribution >= 4 is 11.8 Å². The third-order valence-corrected chi connectivity index (χ3v) is 3.59. The zero-order chi connectivity index (χ0) is 16.9. The summed E-state index contributed by atoms with van der Waals surface area (Å²) in [6, 6.07) is 0. The van der Waals surface area contributed by atoms with Gasteiger partial charge in [0.15, 0.2) is 11.5 Å². The van der Waals surface area contributed by atoms with Crippen LogP contribution in [0, 0.1) is 6.92 Å². The monoisotopic (exact) mass is 317 g/mol. The molecule has 0 aliphatic carbocycles. The Balaban J connectivity index is 2.14. The van der Waals surface area contributed by atoms with Crippen LogP contribution in [0.3, 0.4) is 0 Å². The molecule has 1 aromatic heterocycles. The molecule has 2 rings (SSSR count). The Morgan fingerprint density at radius 2 is 2.00 bits per heavy atom. The van der Waals surface area contributed by atoms with Gasteiger partial charge < -0.3 is 20.2 Å². The fourth-order valence-electron chi connectivity index (χ4n) is 2.16. The average Bonchev–Trinajstić information content (AvgIpc) is 2.76. The molecular weight excluding hydrogens is 300 g/mol. The normalized spacial score (nSPS) is 17.5. The Morgan fingerprint density at radius 3 is 2.41 bits per heavy atom. The maximum atomic E-state index is 13.5. The van der Waals surface area contributed by atoms with Crippen LogP contribution in [0.25, 0.3) is 0 Å². The van der Waals surface area contributed by atoms with Crippen molar-refractivity contribution in [3.8, 4) is 0 Å². The first-order chi connectivity index (χ1) is 9.99. The minimum Gasteiger partial charge on any atom is -0.435 e. The number of aromatic nitrogens is 1. The third kappa shape index (κ3) is 2.35. The van der Waals surface area contributed by atoms with Crippen LogP contribution in [0.2, 0.25) is 0 Å². The number of hydrogen-bond acceptors (Lipinski definition) is 5. The van der Waals surface area contributed by atoms with Crippen LogP contribution < -0.4 is 5.73 Å². The number of hydrogen-bond donors (Lipinski definition) is 2. The summed E-state index contributed by atoms with van der Waals surface area (Å²) < 4.78 is 32.3. The predicted molar refractivity (Wildman–Crippen MR) is 70.3 cm³/mol. The summed E-state index contributed by atoms with van der Waals surface area (Å²) in [7, 11) is 0. The molecule has 2 amide bonds. The number of oxazole rings is 1. The molecule has 0 aromatic carbocycles. The van der Waals surface area contributed by atoms with E-state index in [1.54, 1.807) is 6.92 Å². The van der Waals surface area contributed by atoms with Crippen molar-refractivity contribution in [3.63, 3.8) is 0 Å². The lowest BCUT2D eigenvalue weighted by Gasteiger charge is -2.48. The fourth-order valence-corrected chi connectivity index (χ4v) is 2.16. The first-order valence-electron chi connectivity index (χ1n) is 6.66. The lowest BCUT2D eigenvalue weighted by atomic mass is 9.86. The van der Waals surface area contributed by atoms with E-state index in [-0.39, 0.29) is 11.7 Å². The summed E-state index contributed by atoms with van der Waals surface area (Å²) in [5, 5.41) is 9.75. The number of nitrogens with zero attached hydrogens (tertiary/aromatic N) is 2. The van der Waals surface area contributed by atoms with Crippen molar-refractivity contribution in [2.75, 3.05) is 13.1 Å². The van der Waals surface area contributed by atoms with E-state index in [1.165, 1.54) is 0 Å². The van der Waals surface area contributed by atoms with Gasteiger partial charge in [-0.1, -0.05) is 13.8 Å². The van der Waals surface area contributed by atoms with Crippen molar-refractivity contribution < 1.29 is 27.9 Å². The van der Waals surface area contributed by atoms with Gasteiger partial charge >= 0.3 is 5.92 Å². The van der Waals surface area contributed by atoms with Crippen molar-refractivity contribution in [2.45, 2.75) is 38.2 Å². The molecule has 0 bridgehead atoms. The number of likely N-dealkylation sites (tertiary alicyclic amines) is 1. The summed E-state index contributed by atoms with van der Waals surface area (Å²) in [6.07, 6.45) is 0. The minimum absolute atomic E-state index is 0.0345. The van der Waals surface area contributed by atoms with Crippen molar-refractivity contribution in [2.24, 2.45) is 5.73 Å². The average molecular weight is 317 g/mol. The van der Waals surface area contributed by atoms with Gasteiger partial charge in [-0.2, -0.15) is 8.78 Å². The number of rotatable bonds is 4. The summed E-state index contributed by atoms with van der Waals surface area (Å²) in [4.78, 5) is 27.9. The molecule has 22 heavy (non-hydrogen) atoms. The van der Waals surface area contributed by atoms with Crippen LogP contribution in [0.1, 0.15) is 41.9 Å². The molecule has 0 radical (unpaired) electrons. The van der Waals surface area contributed by atoms with Gasteiger partial charge in [0.2, 0.25) is 5.76 Å². The molecule has 0 saturated carbocycles. The number of halogens is 2. The van der Waals surface area contributed by atoms with Crippen LogP contribution in [0.15, 0.2) is 4.42 Å². The zero-order valence-electron chi connectivity index (χ0n) is 12.4. The van der Waals surface area contributed by atoms with Gasteiger partial charge in [-0.25, -0.2) is 4.98 Å². The van der Waals surface area contributed by atoms with E-state index < -0.39 is 36.4 Å². The molecule has 1 aromatic rings. The first-order valence-corrected chi connectivity index (χ1v) is 6.66. The molecule has 1 aliphatic heterocycles. The zero-order valence-corrected chi connectivity index (χ0v) is 12.4. The standard InChI is InChI=1S/C13H17F2N3O4/c1-6(2)9-17-7(3)8(22-9)10(19)18-4-12(21,5-18)13(14,15)11(16)20/h6,21H,4-5H2,1-3H3,(H2,16,20). The fraction of sp³-hybridized carbons (Fsp3) is 0.615. The molecule has 1 aliphatic rings. The molecule has 9 heteroatoms. The summed E-state index contributed by atoms with van der Waals surface area (Å²) in [5.41, 5.74) is 2.27. The van der Waals surface area contributed by atoms with Gasteiger partial charge in [0.1, 0.15) is 0 Å². The number of aryl methyl sites for hydroxylation is 1. The second-order valence-electron chi connectivity index (χ2n) is 5.75. The molecule has 0 atom stereocenters. The van der Waals surface area contributed by atoms with Gasteiger partial charge in [-0.3, -0.25) is 9.59 Å². The van der Waals surface area contributed by atoms with Gasteiger partial charge in [0, 0.05) is 5.92 Å². The van der Waals surface area contributed by atoms with Crippen LogP contribution in [-0.2, 0) is 4.79 Å². The largest absolute Gasteiger partial charge is 0.435 e. The Hall–Kier alpha value is -2.03. The van der Waals surface area contributed by atoms with Crippen molar-refractivity contribution in [1.82, 2.24) is 9.88 Å². The summed E-state index contributed by atoms with van der Waals surface area (Å²) in [6.45, 7) is 3.80. The molecule has 122 valence electrons. The number of amides is 2. The van der Waals surface area contributed by atoms with Gasteiger partial charge in [0.25, 0.3) is 11.8 Å². The molecule has 1 saturated heterocycles. The second-order valence-corrected chi connectivity index (χ2v) is 5.75. The van der Waals surface area contributed by atoms with E-state index in [0.29, 0.717) is 11.6 Å². The van der Waals surface area contributed by atoms with Crippen LogP contribution in [-0.4, -0.2) is 51.4 Å². The van der Waals surface area contributed by atoms with Gasteiger partial charge in [-0.15, -0.1) is 0 Å². The molecular formula is C13H17F2N3O4. The van der Waals surface area contributed by atoms with E-state index >= 15 is 0 Å². The number of β-amino-alcohol motifs (C(OH)–C–C–N with tert-alkyl or cyclic N) is 1. The minimum atomic E-state index is -4.11. The highest BCUT2D eigenvalue weighted by Crippen LogP contribution is 2.37. The number of alkyl halides is 2. The first kappa shape index (κ1) is 16.3. The Labute approximate surface area is 125 Å². The molecule has 0 spiro atoms. The maximum Gasteiger partial charge on any atom is 0.355 e. The lowest BCUT2D eigenvalue weighted by molar-refractivity contribution is -0.224. The van der Waals surface area contributed by atoms with E-state index in [9.17, 15) is 23.5 Å². The van der Waals surface area contributed by atoms with Gasteiger partial charge in [0.05, 0.1) is 18.8 Å². The Kier molecular flexibility index (Phi) is 3.72. The van der Waals surface area contributed by atoms with Crippen LogP contribution in [0.5, 0.6) is 0 Å². The van der Waals surface area contributed by atoms with Crippen molar-refractivity contribution in [3.05, 3.63) is 17.3 Å². The number of carbonyl (C=O) groups excluding carboxylic acids is 2. The van der Waals surface area contributed by atoms with Crippen LogP contribution >= 0.6 is 0 Å². The van der Waals surface area contributed by atoms with E-state index in [2.05, 4.69) is 10.7 Å². The Morgan fingerprint density at radius 1 is 1.45 bits per heavy atom. The SMILES string of the molecule is Cc1nc(C(C)C)oc1C(=O)N1CC(O)(C(F)(F)C(N)=O)C1. The number of nitrogens with two attached hydrogens (primary N) is 1. The molecule has 7 nitrogen and oxygen atoms in total. The number of aliphatic hydroxyl groups is 1. The number of carbonyl (C=O) groups is 2. The Bertz CT molecular complexity index is 621. The highest BCUT2D eigenvalue weighted by atomic mass is 19.3. The molecule has 0 unspecified atom stereocenters. The predicted octanol–water partition coefficient (Wildman–Crippen LogP) is 0.414. The second kappa shape index (κ2) is 5.01. The highest BCUT2D eigenvalue weighted by Gasteiger charge is 2.64. The molecule has 1 fully saturated rings. The molecule has 3 N–H and O–H groups in total. The van der Waals surface area contributed by atoms with Gasteiger partial charge in [-0.05, 0) is 6.92 Å². The maximum absolute atomic E-state index is 13.5.